The van der Waals surface area contributed by atoms with Crippen molar-refractivity contribution >= 4 is 15.7 Å². The lowest BCUT2D eigenvalue weighted by Crippen LogP contribution is -2.14. The molecule has 0 unspecified atom stereocenters. The standard InChI is InChI=1S/C10H10FN3O2S/c1-7-3-2-4-9(11)10(7)14-17(15,16)8-5-12-13-6-8/h2-6,14H,1H3,(H,12,13). The van der Waals surface area contributed by atoms with Gasteiger partial charge in [-0.1, -0.05) is 12.1 Å². The van der Waals surface area contributed by atoms with Crippen molar-refractivity contribution in [3.63, 3.8) is 0 Å². The van der Waals surface area contributed by atoms with Gasteiger partial charge in [0.15, 0.2) is 0 Å². The van der Waals surface area contributed by atoms with Gasteiger partial charge in [0.1, 0.15) is 10.7 Å². The molecule has 0 bridgehead atoms. The van der Waals surface area contributed by atoms with Gasteiger partial charge in [0.2, 0.25) is 0 Å². The zero-order chi connectivity index (χ0) is 12.5. The van der Waals surface area contributed by atoms with Crippen molar-refractivity contribution in [1.29, 1.82) is 0 Å². The van der Waals surface area contributed by atoms with Crippen LogP contribution in [-0.2, 0) is 10.0 Å². The highest BCUT2D eigenvalue weighted by molar-refractivity contribution is 7.92. The van der Waals surface area contributed by atoms with Gasteiger partial charge in [-0.15, -0.1) is 0 Å². The SMILES string of the molecule is Cc1cccc(F)c1NS(=O)(=O)c1cn[nH]c1. The Morgan fingerprint density at radius 3 is 2.76 bits per heavy atom. The van der Waals surface area contributed by atoms with E-state index in [1.165, 1.54) is 18.3 Å². The predicted octanol–water partition coefficient (Wildman–Crippen LogP) is 1.66. The Hall–Kier alpha value is -1.89. The number of nitrogens with zero attached hydrogens (tertiary/aromatic N) is 1. The second-order valence-corrected chi connectivity index (χ2v) is 5.15. The highest BCUT2D eigenvalue weighted by Gasteiger charge is 2.18. The Bertz CT molecular complexity index is 603. The van der Waals surface area contributed by atoms with Crippen LogP contribution in [0.2, 0.25) is 0 Å². The summed E-state index contributed by atoms with van der Waals surface area (Å²) in [5, 5.41) is 5.92. The molecule has 0 spiro atoms. The Morgan fingerprint density at radius 2 is 2.18 bits per heavy atom. The van der Waals surface area contributed by atoms with E-state index in [4.69, 9.17) is 0 Å². The average Bonchev–Trinajstić information content (AvgIpc) is 2.77. The number of hydrogen-bond acceptors (Lipinski definition) is 3. The lowest BCUT2D eigenvalue weighted by molar-refractivity contribution is 0.598. The van der Waals surface area contributed by atoms with Crippen LogP contribution in [0.15, 0.2) is 35.5 Å². The summed E-state index contributed by atoms with van der Waals surface area (Å²) in [5.74, 6) is -0.614. The van der Waals surface area contributed by atoms with E-state index in [1.807, 2.05) is 0 Å². The second kappa shape index (κ2) is 4.17. The number of aromatic amines is 1. The maximum Gasteiger partial charge on any atom is 0.265 e. The van der Waals surface area contributed by atoms with E-state index in [1.54, 1.807) is 13.0 Å². The summed E-state index contributed by atoms with van der Waals surface area (Å²) in [7, 11) is -3.80. The number of anilines is 1. The molecule has 0 aliphatic rings. The van der Waals surface area contributed by atoms with Crippen LogP contribution in [0.5, 0.6) is 0 Å². The Labute approximate surface area is 97.7 Å². The Kier molecular flexibility index (Phi) is 2.84. The molecule has 1 aromatic heterocycles. The first kappa shape index (κ1) is 11.6. The Balaban J connectivity index is 2.40. The fourth-order valence-corrected chi connectivity index (χ4v) is 2.38. The van der Waals surface area contributed by atoms with Gasteiger partial charge in [-0.25, -0.2) is 12.8 Å². The second-order valence-electron chi connectivity index (χ2n) is 3.47. The van der Waals surface area contributed by atoms with E-state index in [-0.39, 0.29) is 10.6 Å². The maximum absolute atomic E-state index is 13.5. The van der Waals surface area contributed by atoms with Gasteiger partial charge >= 0.3 is 0 Å². The van der Waals surface area contributed by atoms with Crippen molar-refractivity contribution in [2.24, 2.45) is 0 Å². The van der Waals surface area contributed by atoms with E-state index in [0.717, 1.165) is 6.20 Å². The molecule has 0 aliphatic heterocycles. The summed E-state index contributed by atoms with van der Waals surface area (Å²) in [5.41, 5.74) is 0.464. The topological polar surface area (TPSA) is 74.8 Å². The zero-order valence-electron chi connectivity index (χ0n) is 8.94. The molecule has 0 amide bonds. The van der Waals surface area contributed by atoms with Crippen LogP contribution < -0.4 is 4.72 Å². The van der Waals surface area contributed by atoms with E-state index < -0.39 is 15.8 Å². The third-order valence-corrected chi connectivity index (χ3v) is 3.56. The van der Waals surface area contributed by atoms with Crippen LogP contribution >= 0.6 is 0 Å². The third-order valence-electron chi connectivity index (χ3n) is 2.24. The van der Waals surface area contributed by atoms with Gasteiger partial charge in [-0.3, -0.25) is 9.82 Å². The van der Waals surface area contributed by atoms with Crippen molar-refractivity contribution in [2.45, 2.75) is 11.8 Å². The third kappa shape index (κ3) is 2.28. The number of aromatic nitrogens is 2. The first-order valence-electron chi connectivity index (χ1n) is 4.77. The molecule has 90 valence electrons. The van der Waals surface area contributed by atoms with Gasteiger partial charge in [0, 0.05) is 6.20 Å². The molecule has 5 nitrogen and oxygen atoms in total. The van der Waals surface area contributed by atoms with Gasteiger partial charge in [-0.2, -0.15) is 5.10 Å². The van der Waals surface area contributed by atoms with Crippen molar-refractivity contribution in [2.75, 3.05) is 4.72 Å². The van der Waals surface area contributed by atoms with Crippen molar-refractivity contribution in [3.8, 4) is 0 Å². The number of hydrogen-bond donors (Lipinski definition) is 2. The van der Waals surface area contributed by atoms with Crippen LogP contribution in [0.1, 0.15) is 5.56 Å². The van der Waals surface area contributed by atoms with E-state index in [9.17, 15) is 12.8 Å². The van der Waals surface area contributed by atoms with Crippen molar-refractivity contribution < 1.29 is 12.8 Å². The summed E-state index contributed by atoms with van der Waals surface area (Å²) in [6, 6.07) is 4.33. The summed E-state index contributed by atoms with van der Waals surface area (Å²) >= 11 is 0. The van der Waals surface area contributed by atoms with Gasteiger partial charge in [0.05, 0.1) is 11.9 Å². The first-order chi connectivity index (χ1) is 8.00. The quantitative estimate of drug-likeness (QED) is 0.875. The molecule has 2 N–H and O–H groups in total. The van der Waals surface area contributed by atoms with Gasteiger partial charge < -0.3 is 0 Å². The normalized spacial score (nSPS) is 11.4. The summed E-state index contributed by atoms with van der Waals surface area (Å²) in [4.78, 5) is -0.0415. The van der Waals surface area contributed by atoms with E-state index >= 15 is 0 Å². The monoisotopic (exact) mass is 255 g/mol. The zero-order valence-corrected chi connectivity index (χ0v) is 9.75. The number of nitrogens with one attached hydrogen (secondary N) is 2. The summed E-state index contributed by atoms with van der Waals surface area (Å²) in [6.07, 6.45) is 2.37. The molecule has 0 saturated heterocycles. The molecule has 2 rings (SSSR count). The predicted molar refractivity (Wildman–Crippen MR) is 60.5 cm³/mol. The van der Waals surface area contributed by atoms with Crippen LogP contribution in [0.4, 0.5) is 10.1 Å². The summed E-state index contributed by atoms with van der Waals surface area (Å²) in [6.45, 7) is 1.62. The molecule has 2 aromatic rings. The number of para-hydroxylation sites is 1. The molecule has 0 aliphatic carbocycles. The molecule has 17 heavy (non-hydrogen) atoms. The first-order valence-corrected chi connectivity index (χ1v) is 6.26. The average molecular weight is 255 g/mol. The van der Waals surface area contributed by atoms with E-state index in [2.05, 4.69) is 14.9 Å². The molecule has 1 aromatic carbocycles. The van der Waals surface area contributed by atoms with Crippen molar-refractivity contribution in [3.05, 3.63) is 42.0 Å². The van der Waals surface area contributed by atoms with Crippen LogP contribution in [-0.4, -0.2) is 18.6 Å². The van der Waals surface area contributed by atoms with Gasteiger partial charge in [-0.05, 0) is 18.6 Å². The molecule has 0 atom stereocenters. The molecular weight excluding hydrogens is 245 g/mol. The number of halogens is 1. The lowest BCUT2D eigenvalue weighted by atomic mass is 10.2. The Morgan fingerprint density at radius 1 is 1.41 bits per heavy atom. The smallest absolute Gasteiger partial charge is 0.265 e. The number of benzene rings is 1. The number of sulfonamides is 1. The number of rotatable bonds is 3. The largest absolute Gasteiger partial charge is 0.284 e. The highest BCUT2D eigenvalue weighted by atomic mass is 32.2. The lowest BCUT2D eigenvalue weighted by Gasteiger charge is -2.09. The number of aryl methyl sites for hydroxylation is 1. The molecule has 1 heterocycles. The summed E-state index contributed by atoms with van der Waals surface area (Å²) < 4.78 is 39.3. The molecule has 0 fully saturated rings. The van der Waals surface area contributed by atoms with Crippen LogP contribution in [0.25, 0.3) is 0 Å². The van der Waals surface area contributed by atoms with Crippen LogP contribution in [0.3, 0.4) is 0 Å². The van der Waals surface area contributed by atoms with E-state index in [0.29, 0.717) is 5.56 Å². The molecule has 0 radical (unpaired) electrons. The minimum absolute atomic E-state index is 0.0415. The molecule has 7 heteroatoms. The fraction of sp³-hybridized carbons (Fsp3) is 0.100. The highest BCUT2D eigenvalue weighted by Crippen LogP contribution is 2.22. The number of H-pyrrole nitrogens is 1. The van der Waals surface area contributed by atoms with Gasteiger partial charge in [0.25, 0.3) is 10.0 Å². The molecular formula is C10H10FN3O2S. The van der Waals surface area contributed by atoms with Crippen LogP contribution in [0, 0.1) is 12.7 Å². The maximum atomic E-state index is 13.5. The van der Waals surface area contributed by atoms with Crippen molar-refractivity contribution in [1.82, 2.24) is 10.2 Å². The fourth-order valence-electron chi connectivity index (χ4n) is 1.34. The minimum atomic E-state index is -3.80. The minimum Gasteiger partial charge on any atom is -0.284 e. The molecule has 0 saturated carbocycles.